The molecule has 2 heteroatoms. The SMILES string of the molecule is CC(C)(C)c1ccc(-c2ccc3oc4ccc(C#N)cc4c3c2)cc1. The molecule has 25 heavy (non-hydrogen) atoms. The molecule has 1 aromatic heterocycles. The van der Waals surface area contributed by atoms with Crippen molar-refractivity contribution in [3.8, 4) is 17.2 Å². The van der Waals surface area contributed by atoms with Crippen molar-refractivity contribution < 1.29 is 4.42 Å². The maximum absolute atomic E-state index is 9.15. The second-order valence-corrected chi connectivity index (χ2v) is 7.46. The van der Waals surface area contributed by atoms with Crippen LogP contribution >= 0.6 is 0 Å². The third-order valence-corrected chi connectivity index (χ3v) is 4.68. The zero-order valence-electron chi connectivity index (χ0n) is 14.6. The Morgan fingerprint density at radius 2 is 1.36 bits per heavy atom. The molecule has 0 saturated carbocycles. The fourth-order valence-corrected chi connectivity index (χ4v) is 3.19. The summed E-state index contributed by atoms with van der Waals surface area (Å²) < 4.78 is 5.90. The zero-order chi connectivity index (χ0) is 17.6. The topological polar surface area (TPSA) is 36.9 Å². The average molecular weight is 325 g/mol. The second kappa shape index (κ2) is 5.50. The average Bonchev–Trinajstić information content (AvgIpc) is 2.98. The van der Waals surface area contributed by atoms with Crippen LogP contribution in [0.25, 0.3) is 33.1 Å². The van der Waals surface area contributed by atoms with Gasteiger partial charge in [0.1, 0.15) is 11.2 Å². The number of benzene rings is 3. The van der Waals surface area contributed by atoms with E-state index in [2.05, 4.69) is 63.2 Å². The van der Waals surface area contributed by atoms with Crippen molar-refractivity contribution in [3.05, 3.63) is 71.8 Å². The van der Waals surface area contributed by atoms with E-state index in [-0.39, 0.29) is 5.41 Å². The molecule has 0 atom stereocenters. The summed E-state index contributed by atoms with van der Waals surface area (Å²) in [6.45, 7) is 6.66. The normalized spacial score (nSPS) is 11.8. The molecule has 0 aliphatic carbocycles. The molecule has 0 radical (unpaired) electrons. The summed E-state index contributed by atoms with van der Waals surface area (Å²) in [4.78, 5) is 0. The molecule has 0 N–H and O–H groups in total. The van der Waals surface area contributed by atoms with Crippen LogP contribution in [0.5, 0.6) is 0 Å². The van der Waals surface area contributed by atoms with E-state index in [1.807, 2.05) is 18.2 Å². The molecule has 0 amide bonds. The quantitative estimate of drug-likeness (QED) is 0.405. The molecular weight excluding hydrogens is 306 g/mol. The molecule has 0 aliphatic rings. The van der Waals surface area contributed by atoms with Gasteiger partial charge in [0.25, 0.3) is 0 Å². The number of rotatable bonds is 1. The van der Waals surface area contributed by atoms with Crippen molar-refractivity contribution in [3.63, 3.8) is 0 Å². The highest BCUT2D eigenvalue weighted by molar-refractivity contribution is 6.06. The minimum atomic E-state index is 0.150. The lowest BCUT2D eigenvalue weighted by Gasteiger charge is -2.19. The number of furan rings is 1. The van der Waals surface area contributed by atoms with E-state index in [0.717, 1.165) is 27.5 Å². The van der Waals surface area contributed by atoms with Crippen molar-refractivity contribution in [1.82, 2.24) is 0 Å². The standard InChI is InChI=1S/C23H19NO/c1-23(2,3)18-8-5-16(6-9-18)17-7-11-22-20(13-17)19-12-15(14-24)4-10-21(19)25-22/h4-13H,1-3H3. The van der Waals surface area contributed by atoms with E-state index in [1.165, 1.54) is 11.1 Å². The van der Waals surface area contributed by atoms with Gasteiger partial charge in [0.15, 0.2) is 0 Å². The van der Waals surface area contributed by atoms with Gasteiger partial charge < -0.3 is 4.42 Å². The van der Waals surface area contributed by atoms with E-state index >= 15 is 0 Å². The minimum Gasteiger partial charge on any atom is -0.456 e. The van der Waals surface area contributed by atoms with Crippen LogP contribution < -0.4 is 0 Å². The van der Waals surface area contributed by atoms with E-state index in [0.29, 0.717) is 5.56 Å². The third kappa shape index (κ3) is 2.68. The van der Waals surface area contributed by atoms with E-state index in [4.69, 9.17) is 9.68 Å². The molecule has 0 fully saturated rings. The van der Waals surface area contributed by atoms with Gasteiger partial charge in [0.2, 0.25) is 0 Å². The summed E-state index contributed by atoms with van der Waals surface area (Å²) in [5.41, 5.74) is 6.12. The van der Waals surface area contributed by atoms with Crippen molar-refractivity contribution in [2.75, 3.05) is 0 Å². The highest BCUT2D eigenvalue weighted by atomic mass is 16.3. The van der Waals surface area contributed by atoms with Gasteiger partial charge in [0, 0.05) is 10.8 Å². The van der Waals surface area contributed by atoms with Crippen LogP contribution in [-0.4, -0.2) is 0 Å². The van der Waals surface area contributed by atoms with Crippen molar-refractivity contribution in [1.29, 1.82) is 5.26 Å². The zero-order valence-corrected chi connectivity index (χ0v) is 14.6. The molecule has 0 aliphatic heterocycles. The summed E-state index contributed by atoms with van der Waals surface area (Å²) in [5.74, 6) is 0. The first-order chi connectivity index (χ1) is 12.0. The Hall–Kier alpha value is -3.05. The fourth-order valence-electron chi connectivity index (χ4n) is 3.19. The molecule has 122 valence electrons. The van der Waals surface area contributed by atoms with Crippen molar-refractivity contribution in [2.45, 2.75) is 26.2 Å². The molecule has 4 rings (SSSR count). The van der Waals surface area contributed by atoms with Gasteiger partial charge in [-0.05, 0) is 52.4 Å². The lowest BCUT2D eigenvalue weighted by atomic mass is 9.86. The summed E-state index contributed by atoms with van der Waals surface area (Å²) in [7, 11) is 0. The molecular formula is C23H19NO. The highest BCUT2D eigenvalue weighted by Gasteiger charge is 2.14. The Morgan fingerprint density at radius 3 is 2.00 bits per heavy atom. The Morgan fingerprint density at radius 1 is 0.760 bits per heavy atom. The van der Waals surface area contributed by atoms with Crippen LogP contribution in [0, 0.1) is 11.3 Å². The first-order valence-corrected chi connectivity index (χ1v) is 8.43. The predicted octanol–water partition coefficient (Wildman–Crippen LogP) is 6.42. The number of nitriles is 1. The molecule has 0 bridgehead atoms. The lowest BCUT2D eigenvalue weighted by molar-refractivity contribution is 0.590. The van der Waals surface area contributed by atoms with Crippen LogP contribution in [0.1, 0.15) is 31.9 Å². The Balaban J connectivity index is 1.85. The van der Waals surface area contributed by atoms with Crippen LogP contribution in [0.3, 0.4) is 0 Å². The van der Waals surface area contributed by atoms with E-state index in [9.17, 15) is 0 Å². The van der Waals surface area contributed by atoms with Crippen LogP contribution in [0.4, 0.5) is 0 Å². The van der Waals surface area contributed by atoms with Gasteiger partial charge in [-0.25, -0.2) is 0 Å². The van der Waals surface area contributed by atoms with Crippen molar-refractivity contribution in [2.24, 2.45) is 0 Å². The highest BCUT2D eigenvalue weighted by Crippen LogP contribution is 2.33. The second-order valence-electron chi connectivity index (χ2n) is 7.46. The summed E-state index contributed by atoms with van der Waals surface area (Å²) in [5, 5.41) is 11.2. The third-order valence-electron chi connectivity index (χ3n) is 4.68. The van der Waals surface area contributed by atoms with Crippen LogP contribution in [0.2, 0.25) is 0 Å². The Labute approximate surface area is 147 Å². The lowest BCUT2D eigenvalue weighted by Crippen LogP contribution is -2.10. The molecule has 3 aromatic carbocycles. The summed E-state index contributed by atoms with van der Waals surface area (Å²) >= 11 is 0. The Kier molecular flexibility index (Phi) is 3.40. The van der Waals surface area contributed by atoms with Gasteiger partial charge in [-0.2, -0.15) is 5.26 Å². The molecule has 2 nitrogen and oxygen atoms in total. The number of hydrogen-bond donors (Lipinski definition) is 0. The van der Waals surface area contributed by atoms with Gasteiger partial charge in [-0.3, -0.25) is 0 Å². The maximum Gasteiger partial charge on any atom is 0.135 e. The van der Waals surface area contributed by atoms with Gasteiger partial charge in [0.05, 0.1) is 11.6 Å². The fraction of sp³-hybridized carbons (Fsp3) is 0.174. The van der Waals surface area contributed by atoms with Gasteiger partial charge in [-0.1, -0.05) is 51.1 Å². The van der Waals surface area contributed by atoms with Gasteiger partial charge >= 0.3 is 0 Å². The van der Waals surface area contributed by atoms with Crippen LogP contribution in [0.15, 0.2) is 65.1 Å². The van der Waals surface area contributed by atoms with Gasteiger partial charge in [-0.15, -0.1) is 0 Å². The largest absolute Gasteiger partial charge is 0.456 e. The molecule has 0 saturated heterocycles. The minimum absolute atomic E-state index is 0.150. The number of fused-ring (bicyclic) bond motifs is 3. The summed E-state index contributed by atoms with van der Waals surface area (Å²) in [6.07, 6.45) is 0. The van der Waals surface area contributed by atoms with Crippen LogP contribution in [-0.2, 0) is 5.41 Å². The van der Waals surface area contributed by atoms with E-state index in [1.54, 1.807) is 6.07 Å². The molecule has 0 spiro atoms. The predicted molar refractivity (Wildman–Crippen MR) is 103 cm³/mol. The molecule has 4 aromatic rings. The first-order valence-electron chi connectivity index (χ1n) is 8.43. The molecule has 0 unspecified atom stereocenters. The first kappa shape index (κ1) is 15.5. The van der Waals surface area contributed by atoms with Crippen molar-refractivity contribution >= 4 is 21.9 Å². The maximum atomic E-state index is 9.15. The smallest absolute Gasteiger partial charge is 0.135 e. The monoisotopic (exact) mass is 325 g/mol. The molecule has 1 heterocycles. The number of hydrogen-bond acceptors (Lipinski definition) is 2. The number of nitrogens with zero attached hydrogens (tertiary/aromatic N) is 1. The van der Waals surface area contributed by atoms with E-state index < -0.39 is 0 Å². The Bertz CT molecular complexity index is 1120. The summed E-state index contributed by atoms with van der Waals surface area (Å²) in [6, 6.07) is 22.7.